The van der Waals surface area contributed by atoms with E-state index >= 15 is 0 Å². The van der Waals surface area contributed by atoms with Gasteiger partial charge < -0.3 is 20.2 Å². The lowest BCUT2D eigenvalue weighted by Gasteiger charge is -2.05. The Morgan fingerprint density at radius 1 is 1.22 bits per heavy atom. The summed E-state index contributed by atoms with van der Waals surface area (Å²) in [5.41, 5.74) is 8.44. The van der Waals surface area contributed by atoms with Gasteiger partial charge in [-0.1, -0.05) is 41.1 Å². The molecular formula is C22H21ClN6O3. The number of hydrogen-bond acceptors (Lipinski definition) is 7. The third-order valence-electron chi connectivity index (χ3n) is 4.88. The van der Waals surface area contributed by atoms with Gasteiger partial charge in [0, 0.05) is 11.6 Å². The van der Waals surface area contributed by atoms with E-state index in [1.807, 2.05) is 36.4 Å². The standard InChI is InChI=1S/C22H21ClN6O3/c1-13-17(26-22(32-13)16-5-3-4-6-18(16)31-2)12-29-20(24)19(27-28-29)21(30)25-11-14-7-9-15(23)10-8-14/h3-10H,11-12,24H2,1-2H3,(H,25,30). The average Bonchev–Trinajstić information content (AvgIpc) is 3.35. The van der Waals surface area contributed by atoms with Crippen LogP contribution >= 0.6 is 11.6 Å². The van der Waals surface area contributed by atoms with Crippen LogP contribution in [0, 0.1) is 6.92 Å². The lowest BCUT2D eigenvalue weighted by atomic mass is 10.2. The summed E-state index contributed by atoms with van der Waals surface area (Å²) >= 11 is 5.88. The Kier molecular flexibility index (Phi) is 6.09. The Morgan fingerprint density at radius 3 is 2.72 bits per heavy atom. The van der Waals surface area contributed by atoms with Crippen LogP contribution < -0.4 is 15.8 Å². The number of aromatic nitrogens is 4. The molecule has 4 aromatic rings. The van der Waals surface area contributed by atoms with Crippen LogP contribution in [-0.4, -0.2) is 33.0 Å². The number of carbonyl (C=O) groups excluding carboxylic acids is 1. The van der Waals surface area contributed by atoms with Crippen LogP contribution in [0.25, 0.3) is 11.5 Å². The highest BCUT2D eigenvalue weighted by atomic mass is 35.5. The number of oxazole rings is 1. The molecule has 2 aromatic heterocycles. The molecule has 0 saturated carbocycles. The second-order valence-electron chi connectivity index (χ2n) is 7.01. The summed E-state index contributed by atoms with van der Waals surface area (Å²) in [5, 5.41) is 11.4. The largest absolute Gasteiger partial charge is 0.496 e. The number of anilines is 1. The predicted octanol–water partition coefficient (Wildman–Crippen LogP) is 3.46. The Bertz CT molecular complexity index is 1250. The molecule has 0 aliphatic rings. The molecule has 0 spiro atoms. The zero-order chi connectivity index (χ0) is 22.7. The first kappa shape index (κ1) is 21.4. The number of amides is 1. The number of halogens is 1. The number of hydrogen-bond donors (Lipinski definition) is 2. The molecule has 32 heavy (non-hydrogen) atoms. The second kappa shape index (κ2) is 9.11. The van der Waals surface area contributed by atoms with Crippen molar-refractivity contribution in [3.05, 3.63) is 76.3 Å². The van der Waals surface area contributed by atoms with Crippen LogP contribution in [0.3, 0.4) is 0 Å². The van der Waals surface area contributed by atoms with Gasteiger partial charge in [-0.2, -0.15) is 0 Å². The molecule has 9 nitrogen and oxygen atoms in total. The number of nitrogens with two attached hydrogens (primary N) is 1. The van der Waals surface area contributed by atoms with Gasteiger partial charge in [-0.05, 0) is 36.8 Å². The highest BCUT2D eigenvalue weighted by Crippen LogP contribution is 2.30. The number of aryl methyl sites for hydroxylation is 1. The molecule has 3 N–H and O–H groups in total. The van der Waals surface area contributed by atoms with E-state index in [4.69, 9.17) is 26.5 Å². The van der Waals surface area contributed by atoms with Crippen molar-refractivity contribution in [1.29, 1.82) is 0 Å². The van der Waals surface area contributed by atoms with E-state index in [9.17, 15) is 4.79 Å². The predicted molar refractivity (Wildman–Crippen MR) is 119 cm³/mol. The van der Waals surface area contributed by atoms with Crippen LogP contribution in [-0.2, 0) is 13.1 Å². The van der Waals surface area contributed by atoms with E-state index < -0.39 is 5.91 Å². The smallest absolute Gasteiger partial charge is 0.275 e. The molecule has 2 heterocycles. The molecule has 0 saturated heterocycles. The fourth-order valence-electron chi connectivity index (χ4n) is 3.12. The van der Waals surface area contributed by atoms with E-state index in [1.54, 1.807) is 26.2 Å². The van der Waals surface area contributed by atoms with Crippen molar-refractivity contribution >= 4 is 23.3 Å². The number of ether oxygens (including phenoxy) is 1. The maximum absolute atomic E-state index is 12.5. The minimum absolute atomic E-state index is 0.0464. The number of para-hydroxylation sites is 1. The van der Waals surface area contributed by atoms with Crippen molar-refractivity contribution in [2.45, 2.75) is 20.0 Å². The SMILES string of the molecule is COc1ccccc1-c1nc(Cn2nnc(C(=O)NCc3ccc(Cl)cc3)c2N)c(C)o1. The van der Waals surface area contributed by atoms with Crippen molar-refractivity contribution < 1.29 is 13.9 Å². The molecule has 4 rings (SSSR count). The summed E-state index contributed by atoms with van der Waals surface area (Å²) in [6.45, 7) is 2.31. The normalized spacial score (nSPS) is 10.8. The molecule has 164 valence electrons. The zero-order valence-electron chi connectivity index (χ0n) is 17.5. The lowest BCUT2D eigenvalue weighted by molar-refractivity contribution is 0.0946. The summed E-state index contributed by atoms with van der Waals surface area (Å²) in [6, 6.07) is 14.6. The molecule has 0 bridgehead atoms. The van der Waals surface area contributed by atoms with E-state index in [2.05, 4.69) is 20.6 Å². The monoisotopic (exact) mass is 452 g/mol. The maximum Gasteiger partial charge on any atom is 0.275 e. The second-order valence-corrected chi connectivity index (χ2v) is 7.45. The number of carbonyl (C=O) groups is 1. The van der Waals surface area contributed by atoms with Gasteiger partial charge in [-0.15, -0.1) is 5.10 Å². The number of nitrogens with zero attached hydrogens (tertiary/aromatic N) is 4. The zero-order valence-corrected chi connectivity index (χ0v) is 18.3. The summed E-state index contributed by atoms with van der Waals surface area (Å²) in [7, 11) is 1.59. The van der Waals surface area contributed by atoms with Crippen LogP contribution in [0.1, 0.15) is 27.5 Å². The molecule has 10 heteroatoms. The van der Waals surface area contributed by atoms with Crippen molar-refractivity contribution in [3.8, 4) is 17.2 Å². The van der Waals surface area contributed by atoms with Crippen LogP contribution in [0.5, 0.6) is 5.75 Å². The maximum atomic E-state index is 12.5. The quantitative estimate of drug-likeness (QED) is 0.440. The summed E-state index contributed by atoms with van der Waals surface area (Å²) < 4.78 is 12.6. The number of methoxy groups -OCH3 is 1. The molecular weight excluding hydrogens is 432 g/mol. The summed E-state index contributed by atoms with van der Waals surface area (Å²) in [6.07, 6.45) is 0. The Hall–Kier alpha value is -3.85. The first-order valence-corrected chi connectivity index (χ1v) is 10.2. The van der Waals surface area contributed by atoms with Crippen molar-refractivity contribution in [2.24, 2.45) is 0 Å². The molecule has 0 atom stereocenters. The van der Waals surface area contributed by atoms with Gasteiger partial charge >= 0.3 is 0 Å². The van der Waals surface area contributed by atoms with Gasteiger partial charge in [-0.25, -0.2) is 9.67 Å². The van der Waals surface area contributed by atoms with Gasteiger partial charge in [0.2, 0.25) is 5.89 Å². The lowest BCUT2D eigenvalue weighted by Crippen LogP contribution is -2.24. The first-order chi connectivity index (χ1) is 15.5. The van der Waals surface area contributed by atoms with Crippen molar-refractivity contribution in [2.75, 3.05) is 12.8 Å². The van der Waals surface area contributed by atoms with E-state index in [0.29, 0.717) is 34.7 Å². The van der Waals surface area contributed by atoms with Gasteiger partial charge in [-0.3, -0.25) is 4.79 Å². The minimum atomic E-state index is -0.421. The topological polar surface area (TPSA) is 121 Å². The fourth-order valence-corrected chi connectivity index (χ4v) is 3.25. The number of nitrogens with one attached hydrogen (secondary N) is 1. The van der Waals surface area contributed by atoms with E-state index in [0.717, 1.165) is 11.1 Å². The Morgan fingerprint density at radius 2 is 1.97 bits per heavy atom. The molecule has 2 aromatic carbocycles. The van der Waals surface area contributed by atoms with Gasteiger partial charge in [0.05, 0.1) is 19.2 Å². The molecule has 0 radical (unpaired) electrons. The number of benzene rings is 2. The van der Waals surface area contributed by atoms with E-state index in [-0.39, 0.29) is 18.1 Å². The molecule has 0 fully saturated rings. The molecule has 0 aliphatic heterocycles. The summed E-state index contributed by atoms with van der Waals surface area (Å²) in [4.78, 5) is 17.1. The fraction of sp³-hybridized carbons (Fsp3) is 0.182. The van der Waals surface area contributed by atoms with Crippen LogP contribution in [0.2, 0.25) is 5.02 Å². The third-order valence-corrected chi connectivity index (χ3v) is 5.14. The van der Waals surface area contributed by atoms with Crippen LogP contribution in [0.4, 0.5) is 5.82 Å². The van der Waals surface area contributed by atoms with Crippen molar-refractivity contribution in [3.63, 3.8) is 0 Å². The molecule has 0 unspecified atom stereocenters. The Labute approximate surface area is 189 Å². The van der Waals surface area contributed by atoms with Gasteiger partial charge in [0.15, 0.2) is 11.5 Å². The number of nitrogen functional groups attached to an aromatic ring is 1. The highest BCUT2D eigenvalue weighted by Gasteiger charge is 2.20. The molecule has 1 amide bonds. The molecule has 0 aliphatic carbocycles. The first-order valence-electron chi connectivity index (χ1n) is 9.77. The van der Waals surface area contributed by atoms with Crippen molar-refractivity contribution in [1.82, 2.24) is 25.3 Å². The van der Waals surface area contributed by atoms with Gasteiger partial charge in [0.25, 0.3) is 5.91 Å². The summed E-state index contributed by atoms with van der Waals surface area (Å²) in [5.74, 6) is 1.40. The number of rotatable bonds is 7. The van der Waals surface area contributed by atoms with E-state index in [1.165, 1.54) is 4.68 Å². The minimum Gasteiger partial charge on any atom is -0.496 e. The van der Waals surface area contributed by atoms with Crippen LogP contribution in [0.15, 0.2) is 52.9 Å². The Balaban J connectivity index is 1.48. The van der Waals surface area contributed by atoms with Gasteiger partial charge in [0.1, 0.15) is 17.2 Å². The highest BCUT2D eigenvalue weighted by molar-refractivity contribution is 6.30. The average molecular weight is 453 g/mol. The third kappa shape index (κ3) is 4.42.